The van der Waals surface area contributed by atoms with Crippen molar-refractivity contribution in [3.63, 3.8) is 0 Å². The Kier molecular flexibility index (Phi) is 3.49. The monoisotopic (exact) mass is 345 g/mol. The molecule has 1 N–H and O–H groups in total. The van der Waals surface area contributed by atoms with Crippen LogP contribution in [0.3, 0.4) is 0 Å². The van der Waals surface area contributed by atoms with E-state index >= 15 is 0 Å². The summed E-state index contributed by atoms with van der Waals surface area (Å²) >= 11 is 3.31. The summed E-state index contributed by atoms with van der Waals surface area (Å²) in [6.45, 7) is 0. The predicted molar refractivity (Wildman–Crippen MR) is 78.5 cm³/mol. The molecule has 1 aromatic carbocycles. The number of aromatic carboxylic acids is 1. The zero-order valence-electron chi connectivity index (χ0n) is 10.5. The number of aromatic nitrogens is 3. The van der Waals surface area contributed by atoms with Gasteiger partial charge in [0.1, 0.15) is 11.3 Å². The Hall–Kier alpha value is -2.54. The highest BCUT2D eigenvalue weighted by atomic mass is 79.9. The lowest BCUT2D eigenvalue weighted by molar-refractivity contribution is 0.0696. The summed E-state index contributed by atoms with van der Waals surface area (Å²) in [6.07, 6.45) is 3.12. The fourth-order valence-electron chi connectivity index (χ4n) is 1.72. The first-order valence-corrected chi connectivity index (χ1v) is 6.71. The van der Waals surface area contributed by atoms with Crippen LogP contribution in [-0.2, 0) is 0 Å². The third-order valence-electron chi connectivity index (χ3n) is 2.70. The third-order valence-corrected chi connectivity index (χ3v) is 3.35. The van der Waals surface area contributed by atoms with Gasteiger partial charge in [-0.1, -0.05) is 0 Å². The van der Waals surface area contributed by atoms with Crippen LogP contribution in [0.5, 0.6) is 11.6 Å². The minimum atomic E-state index is -1.02. The molecule has 21 heavy (non-hydrogen) atoms. The Bertz CT molecular complexity index is 839. The van der Waals surface area contributed by atoms with Crippen LogP contribution < -0.4 is 4.74 Å². The molecular formula is C14H8BrN3O3. The van der Waals surface area contributed by atoms with E-state index in [4.69, 9.17) is 9.84 Å². The van der Waals surface area contributed by atoms with Crippen molar-refractivity contribution in [1.82, 2.24) is 15.0 Å². The van der Waals surface area contributed by atoms with Gasteiger partial charge in [-0.25, -0.2) is 9.78 Å². The molecule has 0 aliphatic rings. The maximum absolute atomic E-state index is 11.0. The molecule has 6 nitrogen and oxygen atoms in total. The lowest BCUT2D eigenvalue weighted by Gasteiger charge is -2.08. The van der Waals surface area contributed by atoms with Gasteiger partial charge in [-0.05, 0) is 40.2 Å². The highest BCUT2D eigenvalue weighted by Crippen LogP contribution is 2.30. The lowest BCUT2D eigenvalue weighted by Crippen LogP contribution is -1.97. The molecule has 0 fully saturated rings. The number of carboxylic acids is 1. The summed E-state index contributed by atoms with van der Waals surface area (Å²) in [6, 6.07) is 7.91. The van der Waals surface area contributed by atoms with Crippen LogP contribution in [0.15, 0.2) is 47.2 Å². The summed E-state index contributed by atoms with van der Waals surface area (Å²) in [5.41, 5.74) is 1.25. The van der Waals surface area contributed by atoms with E-state index in [2.05, 4.69) is 30.9 Å². The number of carbonyl (C=O) groups is 1. The number of carboxylic acid groups (broad SMARTS) is 1. The van der Waals surface area contributed by atoms with Crippen molar-refractivity contribution < 1.29 is 14.6 Å². The van der Waals surface area contributed by atoms with Crippen molar-refractivity contribution in [2.45, 2.75) is 0 Å². The minimum absolute atomic E-state index is 0.133. The van der Waals surface area contributed by atoms with Gasteiger partial charge < -0.3 is 9.84 Å². The maximum Gasteiger partial charge on any atom is 0.335 e. The van der Waals surface area contributed by atoms with E-state index in [0.717, 1.165) is 0 Å². The third kappa shape index (κ3) is 2.82. The molecule has 0 saturated heterocycles. The van der Waals surface area contributed by atoms with E-state index in [1.807, 2.05) is 0 Å². The summed E-state index contributed by atoms with van der Waals surface area (Å²) in [4.78, 5) is 23.4. The van der Waals surface area contributed by atoms with Crippen molar-refractivity contribution in [3.05, 3.63) is 52.8 Å². The summed E-state index contributed by atoms with van der Waals surface area (Å²) in [7, 11) is 0. The van der Waals surface area contributed by atoms with Crippen LogP contribution in [0.1, 0.15) is 10.4 Å². The standard InChI is InChI=1S/C14H8BrN3O3/c15-9-2-1-8(14(19)20)7-11(9)21-12-4-3-10-13(18-12)17-6-5-16-10/h1-7H,(H,19,20). The molecule has 0 aliphatic heterocycles. The first-order chi connectivity index (χ1) is 10.1. The molecule has 0 spiro atoms. The van der Waals surface area contributed by atoms with E-state index < -0.39 is 5.97 Å². The molecule has 0 aliphatic carbocycles. The van der Waals surface area contributed by atoms with Crippen LogP contribution in [-0.4, -0.2) is 26.0 Å². The molecule has 7 heteroatoms. The van der Waals surface area contributed by atoms with Gasteiger partial charge in [0.2, 0.25) is 5.88 Å². The number of halogens is 1. The molecule has 0 amide bonds. The molecule has 0 unspecified atom stereocenters. The zero-order valence-corrected chi connectivity index (χ0v) is 12.1. The van der Waals surface area contributed by atoms with E-state index in [1.54, 1.807) is 30.6 Å². The van der Waals surface area contributed by atoms with Gasteiger partial charge >= 0.3 is 5.97 Å². The van der Waals surface area contributed by atoms with Crippen molar-refractivity contribution in [1.29, 1.82) is 0 Å². The number of pyridine rings is 1. The summed E-state index contributed by atoms with van der Waals surface area (Å²) < 4.78 is 6.25. The average Bonchev–Trinajstić information content (AvgIpc) is 2.49. The SMILES string of the molecule is O=C(O)c1ccc(Br)c(Oc2ccc3nccnc3n2)c1. The first kappa shape index (κ1) is 13.4. The lowest BCUT2D eigenvalue weighted by atomic mass is 10.2. The average molecular weight is 346 g/mol. The van der Waals surface area contributed by atoms with E-state index in [0.29, 0.717) is 27.3 Å². The number of fused-ring (bicyclic) bond motifs is 1. The summed E-state index contributed by atoms with van der Waals surface area (Å²) in [5, 5.41) is 9.00. The Labute approximate surface area is 127 Å². The summed E-state index contributed by atoms with van der Waals surface area (Å²) in [5.74, 6) is -0.346. The van der Waals surface area contributed by atoms with Crippen molar-refractivity contribution in [3.8, 4) is 11.6 Å². The highest BCUT2D eigenvalue weighted by Gasteiger charge is 2.10. The molecule has 0 saturated carbocycles. The minimum Gasteiger partial charge on any atom is -0.478 e. The number of hydrogen-bond acceptors (Lipinski definition) is 5. The van der Waals surface area contributed by atoms with Crippen LogP contribution in [0.2, 0.25) is 0 Å². The number of hydrogen-bond donors (Lipinski definition) is 1. The molecule has 0 bridgehead atoms. The van der Waals surface area contributed by atoms with Crippen LogP contribution >= 0.6 is 15.9 Å². The number of rotatable bonds is 3. The zero-order chi connectivity index (χ0) is 14.8. The molecular weight excluding hydrogens is 338 g/mol. The molecule has 2 heterocycles. The predicted octanol–water partition coefficient (Wildman–Crippen LogP) is 3.28. The van der Waals surface area contributed by atoms with Gasteiger partial charge in [0.25, 0.3) is 0 Å². The largest absolute Gasteiger partial charge is 0.478 e. The molecule has 0 radical (unpaired) electrons. The normalized spacial score (nSPS) is 10.5. The smallest absolute Gasteiger partial charge is 0.335 e. The second-order valence-electron chi connectivity index (χ2n) is 4.10. The maximum atomic E-state index is 11.0. The van der Waals surface area contributed by atoms with Gasteiger partial charge in [0, 0.05) is 18.5 Å². The van der Waals surface area contributed by atoms with Crippen molar-refractivity contribution >= 4 is 33.1 Å². The van der Waals surface area contributed by atoms with Crippen LogP contribution in [0, 0.1) is 0 Å². The number of ether oxygens (including phenoxy) is 1. The second-order valence-corrected chi connectivity index (χ2v) is 4.96. The van der Waals surface area contributed by atoms with Gasteiger partial charge in [-0.15, -0.1) is 0 Å². The Morgan fingerprint density at radius 3 is 2.76 bits per heavy atom. The Morgan fingerprint density at radius 1 is 1.14 bits per heavy atom. The highest BCUT2D eigenvalue weighted by molar-refractivity contribution is 9.10. The number of nitrogens with zero attached hydrogens (tertiary/aromatic N) is 3. The number of benzene rings is 1. The van der Waals surface area contributed by atoms with Gasteiger partial charge in [0.05, 0.1) is 10.0 Å². The van der Waals surface area contributed by atoms with Crippen LogP contribution in [0.4, 0.5) is 0 Å². The Morgan fingerprint density at radius 2 is 1.95 bits per heavy atom. The van der Waals surface area contributed by atoms with Crippen molar-refractivity contribution in [2.24, 2.45) is 0 Å². The molecule has 3 aromatic rings. The fourth-order valence-corrected chi connectivity index (χ4v) is 2.05. The second kappa shape index (κ2) is 5.45. The van der Waals surface area contributed by atoms with E-state index in [9.17, 15) is 4.79 Å². The molecule has 104 valence electrons. The Balaban J connectivity index is 1.98. The van der Waals surface area contributed by atoms with Gasteiger partial charge in [0.15, 0.2) is 5.65 Å². The van der Waals surface area contributed by atoms with Crippen LogP contribution in [0.25, 0.3) is 11.2 Å². The van der Waals surface area contributed by atoms with E-state index in [-0.39, 0.29) is 5.56 Å². The van der Waals surface area contributed by atoms with Gasteiger partial charge in [-0.2, -0.15) is 4.98 Å². The first-order valence-electron chi connectivity index (χ1n) is 5.92. The molecule has 0 atom stereocenters. The van der Waals surface area contributed by atoms with E-state index in [1.165, 1.54) is 12.1 Å². The van der Waals surface area contributed by atoms with Gasteiger partial charge in [-0.3, -0.25) is 4.98 Å². The molecule has 2 aromatic heterocycles. The topological polar surface area (TPSA) is 85.2 Å². The molecule has 3 rings (SSSR count). The fraction of sp³-hybridized carbons (Fsp3) is 0. The quantitative estimate of drug-likeness (QED) is 0.783. The van der Waals surface area contributed by atoms with Crippen molar-refractivity contribution in [2.75, 3.05) is 0 Å².